The van der Waals surface area contributed by atoms with E-state index >= 15 is 0 Å². The number of anilines is 2. The molecular formula is C21H24N2O2. The molecule has 0 heterocycles. The first-order valence-corrected chi connectivity index (χ1v) is 8.59. The first-order chi connectivity index (χ1) is 11.8. The molecule has 25 heavy (non-hydrogen) atoms. The molecular weight excluding hydrogens is 312 g/mol. The molecule has 1 saturated carbocycles. The first-order valence-electron chi connectivity index (χ1n) is 8.59. The zero-order valence-corrected chi connectivity index (χ0v) is 15.2. The first kappa shape index (κ1) is 17.2. The molecule has 2 N–H and O–H groups in total. The molecule has 3 rings (SSSR count). The number of hydrogen-bond donors (Lipinski definition) is 2. The molecule has 4 nitrogen and oxygen atoms in total. The van der Waals surface area contributed by atoms with Gasteiger partial charge in [-0.3, -0.25) is 9.59 Å². The SMILES string of the molecule is Cc1cccc(NC(=O)C2(C(=O)Nc3c(C)cc(C)cc3C)CC2)c1. The van der Waals surface area contributed by atoms with Crippen molar-refractivity contribution in [3.8, 4) is 0 Å². The molecule has 2 aromatic carbocycles. The van der Waals surface area contributed by atoms with Crippen LogP contribution in [-0.4, -0.2) is 11.8 Å². The summed E-state index contributed by atoms with van der Waals surface area (Å²) in [5, 5.41) is 5.88. The predicted molar refractivity (Wildman–Crippen MR) is 101 cm³/mol. The van der Waals surface area contributed by atoms with Crippen LogP contribution in [0.15, 0.2) is 36.4 Å². The summed E-state index contributed by atoms with van der Waals surface area (Å²) in [4.78, 5) is 25.5. The zero-order valence-electron chi connectivity index (χ0n) is 15.2. The second-order valence-electron chi connectivity index (χ2n) is 7.13. The molecule has 0 spiro atoms. The normalized spacial score (nSPS) is 14.7. The standard InChI is InChI=1S/C21H24N2O2/c1-13-6-5-7-17(12-13)22-19(24)21(8-9-21)20(25)23-18-15(3)10-14(2)11-16(18)4/h5-7,10-12H,8-9H2,1-4H3,(H,22,24)(H,23,25). The average Bonchev–Trinajstić information content (AvgIpc) is 3.32. The van der Waals surface area contributed by atoms with Gasteiger partial charge in [-0.1, -0.05) is 29.8 Å². The van der Waals surface area contributed by atoms with E-state index in [1.54, 1.807) is 0 Å². The highest BCUT2D eigenvalue weighted by Gasteiger charge is 2.56. The van der Waals surface area contributed by atoms with Crippen LogP contribution in [0.3, 0.4) is 0 Å². The minimum atomic E-state index is -0.951. The van der Waals surface area contributed by atoms with E-state index in [4.69, 9.17) is 0 Å². The number of amides is 2. The highest BCUT2D eigenvalue weighted by atomic mass is 16.2. The second kappa shape index (κ2) is 6.36. The monoisotopic (exact) mass is 336 g/mol. The number of nitrogens with one attached hydrogen (secondary N) is 2. The maximum atomic E-state index is 12.8. The Morgan fingerprint density at radius 2 is 1.44 bits per heavy atom. The van der Waals surface area contributed by atoms with Crippen molar-refractivity contribution in [2.24, 2.45) is 5.41 Å². The van der Waals surface area contributed by atoms with Crippen LogP contribution in [-0.2, 0) is 9.59 Å². The van der Waals surface area contributed by atoms with Crippen LogP contribution in [0.2, 0.25) is 0 Å². The third kappa shape index (κ3) is 3.43. The van der Waals surface area contributed by atoms with E-state index in [9.17, 15) is 9.59 Å². The van der Waals surface area contributed by atoms with Gasteiger partial charge < -0.3 is 10.6 Å². The molecule has 0 unspecified atom stereocenters. The Kier molecular flexibility index (Phi) is 4.38. The summed E-state index contributed by atoms with van der Waals surface area (Å²) in [6, 6.07) is 11.7. The predicted octanol–water partition coefficient (Wildman–Crippen LogP) is 4.28. The lowest BCUT2D eigenvalue weighted by Crippen LogP contribution is -2.36. The topological polar surface area (TPSA) is 58.2 Å². The molecule has 1 aliphatic carbocycles. The van der Waals surface area contributed by atoms with E-state index < -0.39 is 5.41 Å². The molecule has 2 amide bonds. The largest absolute Gasteiger partial charge is 0.325 e. The fourth-order valence-electron chi connectivity index (χ4n) is 3.27. The van der Waals surface area contributed by atoms with Gasteiger partial charge in [-0.2, -0.15) is 0 Å². The van der Waals surface area contributed by atoms with Gasteiger partial charge in [0.1, 0.15) is 5.41 Å². The lowest BCUT2D eigenvalue weighted by atomic mass is 10.0. The average molecular weight is 336 g/mol. The van der Waals surface area contributed by atoms with E-state index in [2.05, 4.69) is 10.6 Å². The van der Waals surface area contributed by atoms with Gasteiger partial charge in [0, 0.05) is 11.4 Å². The molecule has 1 fully saturated rings. The van der Waals surface area contributed by atoms with Crippen LogP contribution in [0.4, 0.5) is 11.4 Å². The molecule has 2 aromatic rings. The van der Waals surface area contributed by atoms with Crippen LogP contribution >= 0.6 is 0 Å². The quantitative estimate of drug-likeness (QED) is 0.819. The van der Waals surface area contributed by atoms with Crippen molar-refractivity contribution in [2.75, 3.05) is 10.6 Å². The Labute approximate surface area is 148 Å². The van der Waals surface area contributed by atoms with Crippen LogP contribution in [0.5, 0.6) is 0 Å². The van der Waals surface area contributed by atoms with Crippen LogP contribution in [0, 0.1) is 33.1 Å². The maximum absolute atomic E-state index is 12.8. The Balaban J connectivity index is 1.76. The fourth-order valence-corrected chi connectivity index (χ4v) is 3.27. The smallest absolute Gasteiger partial charge is 0.240 e. The third-order valence-corrected chi connectivity index (χ3v) is 4.81. The summed E-state index contributed by atoms with van der Waals surface area (Å²) in [6.07, 6.45) is 1.17. The number of hydrogen-bond acceptors (Lipinski definition) is 2. The Morgan fingerprint density at radius 3 is 2.00 bits per heavy atom. The number of benzene rings is 2. The molecule has 0 aliphatic heterocycles. The summed E-state index contributed by atoms with van der Waals surface area (Å²) in [6.45, 7) is 7.95. The Hall–Kier alpha value is -2.62. The van der Waals surface area contributed by atoms with E-state index in [0.29, 0.717) is 12.8 Å². The van der Waals surface area contributed by atoms with Crippen molar-refractivity contribution in [3.63, 3.8) is 0 Å². The Morgan fingerprint density at radius 1 is 0.840 bits per heavy atom. The minimum Gasteiger partial charge on any atom is -0.325 e. The molecule has 0 aromatic heterocycles. The van der Waals surface area contributed by atoms with E-state index in [-0.39, 0.29) is 11.8 Å². The van der Waals surface area contributed by atoms with Gasteiger partial charge in [-0.15, -0.1) is 0 Å². The van der Waals surface area contributed by atoms with Crippen LogP contribution in [0.25, 0.3) is 0 Å². The second-order valence-corrected chi connectivity index (χ2v) is 7.13. The van der Waals surface area contributed by atoms with Crippen molar-refractivity contribution in [1.29, 1.82) is 0 Å². The summed E-state index contributed by atoms with van der Waals surface area (Å²) >= 11 is 0. The number of rotatable bonds is 4. The van der Waals surface area contributed by atoms with Crippen LogP contribution < -0.4 is 10.6 Å². The summed E-state index contributed by atoms with van der Waals surface area (Å²) in [5.74, 6) is -0.439. The Bertz CT molecular complexity index is 828. The minimum absolute atomic E-state index is 0.215. The molecule has 4 heteroatoms. The van der Waals surface area contributed by atoms with Gasteiger partial charge in [-0.25, -0.2) is 0 Å². The van der Waals surface area contributed by atoms with Crippen molar-refractivity contribution >= 4 is 23.2 Å². The van der Waals surface area contributed by atoms with Gasteiger partial charge in [0.15, 0.2) is 0 Å². The molecule has 0 bridgehead atoms. The summed E-state index contributed by atoms with van der Waals surface area (Å²) < 4.78 is 0. The van der Waals surface area contributed by atoms with Gasteiger partial charge in [0.05, 0.1) is 0 Å². The van der Waals surface area contributed by atoms with Gasteiger partial charge in [0.2, 0.25) is 11.8 Å². The lowest BCUT2D eigenvalue weighted by Gasteiger charge is -2.18. The summed E-state index contributed by atoms with van der Waals surface area (Å²) in [7, 11) is 0. The molecule has 1 aliphatic rings. The van der Waals surface area contributed by atoms with Gasteiger partial charge in [0.25, 0.3) is 0 Å². The highest BCUT2D eigenvalue weighted by Crippen LogP contribution is 2.47. The van der Waals surface area contributed by atoms with Gasteiger partial charge in [-0.05, 0) is 69.4 Å². The number of aryl methyl sites for hydroxylation is 4. The number of carbonyl (C=O) groups excluding carboxylic acids is 2. The van der Waals surface area contributed by atoms with Crippen molar-refractivity contribution < 1.29 is 9.59 Å². The van der Waals surface area contributed by atoms with Crippen molar-refractivity contribution in [3.05, 3.63) is 58.7 Å². The molecule has 0 radical (unpaired) electrons. The summed E-state index contributed by atoms with van der Waals surface area (Å²) in [5.41, 5.74) is 4.84. The van der Waals surface area contributed by atoms with E-state index in [1.807, 2.05) is 64.1 Å². The van der Waals surface area contributed by atoms with E-state index in [0.717, 1.165) is 33.6 Å². The number of carbonyl (C=O) groups is 2. The molecule has 0 saturated heterocycles. The lowest BCUT2D eigenvalue weighted by molar-refractivity contribution is -0.131. The van der Waals surface area contributed by atoms with Gasteiger partial charge >= 0.3 is 0 Å². The zero-order chi connectivity index (χ0) is 18.2. The molecule has 130 valence electrons. The highest BCUT2D eigenvalue weighted by molar-refractivity contribution is 6.17. The molecule has 0 atom stereocenters. The fraction of sp³-hybridized carbons (Fsp3) is 0.333. The third-order valence-electron chi connectivity index (χ3n) is 4.81. The van der Waals surface area contributed by atoms with E-state index in [1.165, 1.54) is 0 Å². The van der Waals surface area contributed by atoms with Crippen molar-refractivity contribution in [2.45, 2.75) is 40.5 Å². The van der Waals surface area contributed by atoms with Crippen LogP contribution in [0.1, 0.15) is 35.1 Å². The maximum Gasteiger partial charge on any atom is 0.240 e. The van der Waals surface area contributed by atoms with Crippen molar-refractivity contribution in [1.82, 2.24) is 0 Å².